The summed E-state index contributed by atoms with van der Waals surface area (Å²) >= 11 is 4.32. The van der Waals surface area contributed by atoms with Crippen LogP contribution in [0.2, 0.25) is 0 Å². The zero-order valence-electron chi connectivity index (χ0n) is 13.2. The lowest BCUT2D eigenvalue weighted by Gasteiger charge is -2.31. The van der Waals surface area contributed by atoms with Crippen molar-refractivity contribution in [3.05, 3.63) is 65.3 Å². The van der Waals surface area contributed by atoms with E-state index in [2.05, 4.69) is 97.6 Å². The van der Waals surface area contributed by atoms with Crippen molar-refractivity contribution in [3.8, 4) is 0 Å². The topological polar surface area (TPSA) is 48.1 Å². The van der Waals surface area contributed by atoms with Crippen LogP contribution in [-0.4, -0.2) is 11.7 Å². The van der Waals surface area contributed by atoms with Crippen molar-refractivity contribution in [2.75, 3.05) is 0 Å². The quantitative estimate of drug-likeness (QED) is 0.438. The minimum atomic E-state index is -0.0812. The van der Waals surface area contributed by atoms with Gasteiger partial charge in [-0.05, 0) is 37.5 Å². The van der Waals surface area contributed by atoms with Gasteiger partial charge in [0.25, 0.3) is 0 Å². The Balaban J connectivity index is 1.94. The summed E-state index contributed by atoms with van der Waals surface area (Å²) in [6, 6.07) is 8.57. The lowest BCUT2D eigenvalue weighted by molar-refractivity contribution is 0.263. The highest BCUT2D eigenvalue weighted by Gasteiger charge is 2.17. The van der Waals surface area contributed by atoms with Crippen molar-refractivity contribution in [2.24, 2.45) is 0 Å². The number of hydrogen-bond acceptors (Lipinski definition) is 5. The van der Waals surface area contributed by atoms with Gasteiger partial charge >= 0.3 is 0 Å². The first-order chi connectivity index (χ1) is 10.6. The highest BCUT2D eigenvalue weighted by atomic mass is 32.1. The Morgan fingerprint density at radius 3 is 2.41 bits per heavy atom. The van der Waals surface area contributed by atoms with Crippen LogP contribution in [0.15, 0.2) is 54.1 Å². The van der Waals surface area contributed by atoms with E-state index in [-0.39, 0.29) is 11.7 Å². The third kappa shape index (κ3) is 5.12. The molecule has 5 heteroatoms. The van der Waals surface area contributed by atoms with Gasteiger partial charge in [0.15, 0.2) is 0 Å². The molecule has 0 saturated carbocycles. The number of rotatable bonds is 4. The Bertz CT molecular complexity index is 575. The molecule has 1 saturated heterocycles. The minimum Gasteiger partial charge on any atom is -0.272 e. The summed E-state index contributed by atoms with van der Waals surface area (Å²) in [7, 11) is 0. The zero-order chi connectivity index (χ0) is 15.9. The second-order valence-electron chi connectivity index (χ2n) is 5.43. The lowest BCUT2D eigenvalue weighted by Crippen LogP contribution is -2.67. The van der Waals surface area contributed by atoms with Gasteiger partial charge in [0, 0.05) is 0 Å². The Kier molecular flexibility index (Phi) is 6.42. The number of allylic oxidation sites excluding steroid dienone is 5. The number of hydrogen-bond donors (Lipinski definition) is 5. The fourth-order valence-electron chi connectivity index (χ4n) is 2.08. The number of benzene rings is 1. The average Bonchev–Trinajstić information content (AvgIpc) is 2.51. The first-order valence-corrected chi connectivity index (χ1v) is 7.87. The Hall–Kier alpha value is -1.37. The Morgan fingerprint density at radius 2 is 1.73 bits per heavy atom. The van der Waals surface area contributed by atoms with Gasteiger partial charge in [-0.2, -0.15) is 5.53 Å². The first-order valence-electron chi connectivity index (χ1n) is 7.35. The van der Waals surface area contributed by atoms with Crippen LogP contribution in [0.1, 0.15) is 25.0 Å². The van der Waals surface area contributed by atoms with E-state index in [0.717, 1.165) is 0 Å². The van der Waals surface area contributed by atoms with Crippen LogP contribution in [-0.2, 0) is 0 Å². The lowest BCUT2D eigenvalue weighted by atomic mass is 10.1. The first kappa shape index (κ1) is 17.0. The summed E-state index contributed by atoms with van der Waals surface area (Å²) in [5.41, 5.74) is 13.8. The molecule has 0 spiro atoms. The molecule has 0 aromatic heterocycles. The number of aryl methyl sites for hydroxylation is 1. The van der Waals surface area contributed by atoms with E-state index in [1.54, 1.807) is 0 Å². The van der Waals surface area contributed by atoms with Crippen molar-refractivity contribution >= 4 is 18.2 Å². The van der Waals surface area contributed by atoms with Gasteiger partial charge < -0.3 is 0 Å². The molecule has 1 fully saturated rings. The maximum absolute atomic E-state index is 4.32. The molecule has 0 amide bonds. The van der Waals surface area contributed by atoms with Gasteiger partial charge in [0.05, 0.1) is 6.17 Å². The fourth-order valence-corrected chi connectivity index (χ4v) is 2.30. The van der Waals surface area contributed by atoms with E-state index in [0.29, 0.717) is 0 Å². The minimum absolute atomic E-state index is 0.0515. The van der Waals surface area contributed by atoms with Crippen LogP contribution in [0, 0.1) is 6.92 Å². The molecule has 4 N–H and O–H groups in total. The van der Waals surface area contributed by atoms with Crippen LogP contribution >= 0.6 is 12.6 Å². The Labute approximate surface area is 138 Å². The van der Waals surface area contributed by atoms with Crippen molar-refractivity contribution in [3.63, 3.8) is 0 Å². The van der Waals surface area contributed by atoms with E-state index in [4.69, 9.17) is 0 Å². The van der Waals surface area contributed by atoms with Crippen molar-refractivity contribution in [1.29, 1.82) is 0 Å². The molecule has 118 valence electrons. The smallest absolute Gasteiger partial charge is 0.118 e. The predicted molar refractivity (Wildman–Crippen MR) is 96.8 cm³/mol. The monoisotopic (exact) mass is 316 g/mol. The molecule has 1 aromatic rings. The van der Waals surface area contributed by atoms with Crippen molar-refractivity contribution < 1.29 is 0 Å². The summed E-state index contributed by atoms with van der Waals surface area (Å²) in [5.74, 6) is 0. The maximum Gasteiger partial charge on any atom is 0.118 e. The fraction of sp³-hybridized carbons (Fsp3) is 0.294. The third-order valence-electron chi connectivity index (χ3n) is 3.53. The van der Waals surface area contributed by atoms with E-state index in [1.165, 1.54) is 22.3 Å². The third-order valence-corrected chi connectivity index (χ3v) is 3.81. The zero-order valence-corrected chi connectivity index (χ0v) is 14.1. The highest BCUT2D eigenvalue weighted by Crippen LogP contribution is 2.14. The molecular formula is C17H24N4S. The summed E-state index contributed by atoms with van der Waals surface area (Å²) in [6.07, 6.45) is 8.36. The SMILES string of the molecule is C\C(=C/C=C\C=C(/C)C1NNNC(S)N1)c1ccc(C)cc1. The van der Waals surface area contributed by atoms with Crippen molar-refractivity contribution in [1.82, 2.24) is 21.7 Å². The summed E-state index contributed by atoms with van der Waals surface area (Å²) < 4.78 is 0. The average molecular weight is 316 g/mol. The number of thiol groups is 1. The van der Waals surface area contributed by atoms with Crippen LogP contribution < -0.4 is 21.7 Å². The molecule has 2 unspecified atom stereocenters. The molecule has 1 aliphatic heterocycles. The van der Waals surface area contributed by atoms with Gasteiger partial charge in [-0.1, -0.05) is 54.1 Å². The van der Waals surface area contributed by atoms with Crippen LogP contribution in [0.25, 0.3) is 5.57 Å². The molecule has 1 aliphatic rings. The molecule has 0 bridgehead atoms. The summed E-state index contributed by atoms with van der Waals surface area (Å²) in [4.78, 5) is 0. The van der Waals surface area contributed by atoms with Crippen LogP contribution in [0.3, 0.4) is 0 Å². The second kappa shape index (κ2) is 8.31. The molecule has 22 heavy (non-hydrogen) atoms. The summed E-state index contributed by atoms with van der Waals surface area (Å²) in [5, 5.41) is 3.26. The maximum atomic E-state index is 4.32. The largest absolute Gasteiger partial charge is 0.272 e. The Morgan fingerprint density at radius 1 is 1.05 bits per heavy atom. The van der Waals surface area contributed by atoms with Gasteiger partial charge in [-0.15, -0.1) is 12.6 Å². The van der Waals surface area contributed by atoms with Gasteiger partial charge in [-0.25, -0.2) is 10.9 Å². The molecule has 1 heterocycles. The molecule has 2 rings (SSSR count). The van der Waals surface area contributed by atoms with Crippen molar-refractivity contribution in [2.45, 2.75) is 32.4 Å². The number of hydrazine groups is 2. The molecular weight excluding hydrogens is 292 g/mol. The predicted octanol–water partition coefficient (Wildman–Crippen LogP) is 2.64. The molecule has 4 nitrogen and oxygen atoms in total. The molecule has 0 radical (unpaired) electrons. The van der Waals surface area contributed by atoms with Gasteiger partial charge in [0.1, 0.15) is 5.50 Å². The van der Waals surface area contributed by atoms with Gasteiger partial charge in [-0.3, -0.25) is 5.32 Å². The van der Waals surface area contributed by atoms with E-state index in [1.807, 2.05) is 6.08 Å². The normalized spacial score (nSPS) is 24.0. The van der Waals surface area contributed by atoms with Gasteiger partial charge in [0.2, 0.25) is 0 Å². The molecule has 2 atom stereocenters. The molecule has 1 aromatic carbocycles. The number of nitrogens with one attached hydrogen (secondary N) is 4. The molecule has 0 aliphatic carbocycles. The van der Waals surface area contributed by atoms with Crippen LogP contribution in [0.4, 0.5) is 0 Å². The summed E-state index contributed by atoms with van der Waals surface area (Å²) in [6.45, 7) is 6.29. The standard InChI is InChI=1S/C17H24N4S/c1-12-8-10-15(11-9-12)13(2)6-4-5-7-14(3)16-18-17(22)20-21-19-16/h4-11,16-22H,1-3H3/b5-4-,13-6+,14-7+. The van der Waals surface area contributed by atoms with E-state index >= 15 is 0 Å². The van der Waals surface area contributed by atoms with Crippen LogP contribution in [0.5, 0.6) is 0 Å². The van der Waals surface area contributed by atoms with E-state index in [9.17, 15) is 0 Å². The second-order valence-corrected chi connectivity index (χ2v) is 5.94. The highest BCUT2D eigenvalue weighted by molar-refractivity contribution is 7.80. The van der Waals surface area contributed by atoms with E-state index < -0.39 is 0 Å².